The van der Waals surface area contributed by atoms with Crippen molar-refractivity contribution in [3.05, 3.63) is 21.9 Å². The molecular weight excluding hydrogens is 242 g/mol. The molecule has 0 spiro atoms. The maximum absolute atomic E-state index is 11.3. The van der Waals surface area contributed by atoms with Gasteiger partial charge in [0, 0.05) is 6.54 Å². The van der Waals surface area contributed by atoms with Crippen LogP contribution in [0.25, 0.3) is 0 Å². The van der Waals surface area contributed by atoms with E-state index in [1.54, 1.807) is 25.3 Å². The van der Waals surface area contributed by atoms with Crippen LogP contribution in [-0.4, -0.2) is 29.7 Å². The monoisotopic (exact) mass is 257 g/mol. The molecule has 0 bridgehead atoms. The van der Waals surface area contributed by atoms with Gasteiger partial charge in [0.05, 0.1) is 6.61 Å². The van der Waals surface area contributed by atoms with Gasteiger partial charge in [0.2, 0.25) is 0 Å². The number of carboxylic acids is 1. The lowest BCUT2D eigenvalue weighted by Crippen LogP contribution is -2.35. The Kier molecular flexibility index (Phi) is 5.11. The van der Waals surface area contributed by atoms with E-state index in [1.165, 1.54) is 11.3 Å². The van der Waals surface area contributed by atoms with Crippen LogP contribution in [0.15, 0.2) is 11.4 Å². The molecule has 0 aliphatic rings. The lowest BCUT2D eigenvalue weighted by molar-refractivity contribution is -0.145. The third kappa shape index (κ3) is 3.83. The molecule has 1 atom stereocenters. The Labute approximate surface area is 103 Å². The molecule has 0 radical (unpaired) electrons. The zero-order chi connectivity index (χ0) is 12.8. The number of aromatic carboxylic acids is 1. The van der Waals surface area contributed by atoms with Crippen molar-refractivity contribution >= 4 is 23.3 Å². The zero-order valence-corrected chi connectivity index (χ0v) is 10.5. The first-order chi connectivity index (χ1) is 8.06. The normalized spacial score (nSPS) is 12.1. The Bertz CT molecular complexity index is 402. The fourth-order valence-electron chi connectivity index (χ4n) is 1.28. The molecule has 5 nitrogen and oxygen atoms in total. The lowest BCUT2D eigenvalue weighted by Gasteiger charge is -2.12. The van der Waals surface area contributed by atoms with Crippen molar-refractivity contribution in [2.45, 2.75) is 26.4 Å². The van der Waals surface area contributed by atoms with Gasteiger partial charge in [-0.25, -0.2) is 4.79 Å². The number of hydrogen-bond acceptors (Lipinski definition) is 5. The van der Waals surface area contributed by atoms with E-state index in [9.17, 15) is 9.59 Å². The summed E-state index contributed by atoms with van der Waals surface area (Å²) in [5, 5.41) is 13.6. The van der Waals surface area contributed by atoms with Crippen LogP contribution in [0.4, 0.5) is 0 Å². The summed E-state index contributed by atoms with van der Waals surface area (Å²) in [7, 11) is 0. The Morgan fingerprint density at radius 3 is 2.88 bits per heavy atom. The molecule has 1 heterocycles. The molecule has 0 aromatic carbocycles. The van der Waals surface area contributed by atoms with Gasteiger partial charge in [0.15, 0.2) is 0 Å². The van der Waals surface area contributed by atoms with E-state index in [2.05, 4.69) is 5.32 Å². The lowest BCUT2D eigenvalue weighted by atomic mass is 10.2. The molecule has 1 aromatic rings. The van der Waals surface area contributed by atoms with Crippen LogP contribution in [-0.2, 0) is 16.1 Å². The van der Waals surface area contributed by atoms with E-state index < -0.39 is 12.0 Å². The highest BCUT2D eigenvalue weighted by atomic mass is 32.1. The van der Waals surface area contributed by atoms with E-state index in [0.29, 0.717) is 23.6 Å². The topological polar surface area (TPSA) is 75.6 Å². The minimum Gasteiger partial charge on any atom is -0.477 e. The van der Waals surface area contributed by atoms with Crippen LogP contribution in [0.3, 0.4) is 0 Å². The fraction of sp³-hybridized carbons (Fsp3) is 0.455. The van der Waals surface area contributed by atoms with Gasteiger partial charge in [-0.15, -0.1) is 11.3 Å². The third-order valence-corrected chi connectivity index (χ3v) is 3.12. The minimum atomic E-state index is -0.944. The molecule has 2 N–H and O–H groups in total. The molecule has 0 fully saturated rings. The molecule has 0 amide bonds. The molecule has 17 heavy (non-hydrogen) atoms. The molecule has 0 saturated carbocycles. The summed E-state index contributed by atoms with van der Waals surface area (Å²) < 4.78 is 4.84. The Hall–Kier alpha value is -1.40. The number of carbonyl (C=O) groups is 2. The number of nitrogens with one attached hydrogen (secondary N) is 1. The first-order valence-corrected chi connectivity index (χ1v) is 6.14. The highest BCUT2D eigenvalue weighted by Crippen LogP contribution is 2.16. The number of ether oxygens (including phenoxy) is 1. The van der Waals surface area contributed by atoms with E-state index in [4.69, 9.17) is 9.84 Å². The van der Waals surface area contributed by atoms with Crippen LogP contribution in [0, 0.1) is 0 Å². The van der Waals surface area contributed by atoms with E-state index in [1.807, 2.05) is 0 Å². The summed E-state index contributed by atoms with van der Waals surface area (Å²) >= 11 is 1.17. The van der Waals surface area contributed by atoms with Gasteiger partial charge in [-0.2, -0.15) is 0 Å². The van der Waals surface area contributed by atoms with Gasteiger partial charge < -0.3 is 15.2 Å². The maximum atomic E-state index is 11.3. The highest BCUT2D eigenvalue weighted by molar-refractivity contribution is 7.12. The second-order valence-electron chi connectivity index (χ2n) is 3.43. The van der Waals surface area contributed by atoms with Crippen molar-refractivity contribution in [2.24, 2.45) is 0 Å². The molecule has 94 valence electrons. The number of thiophene rings is 1. The smallest absolute Gasteiger partial charge is 0.346 e. The number of carbonyl (C=O) groups excluding carboxylic acids is 1. The summed E-state index contributed by atoms with van der Waals surface area (Å²) in [6, 6.07) is 1.29. The molecule has 0 saturated heterocycles. The van der Waals surface area contributed by atoms with Crippen molar-refractivity contribution in [3.8, 4) is 0 Å². The summed E-state index contributed by atoms with van der Waals surface area (Å²) in [6.07, 6.45) is 0. The maximum Gasteiger partial charge on any atom is 0.346 e. The molecule has 1 aromatic heterocycles. The SMILES string of the molecule is CCOC(=O)C(C)NCc1ccsc1C(=O)O. The van der Waals surface area contributed by atoms with Crippen LogP contribution in [0.5, 0.6) is 0 Å². The minimum absolute atomic E-state index is 0.300. The highest BCUT2D eigenvalue weighted by Gasteiger charge is 2.16. The standard InChI is InChI=1S/C11H15NO4S/c1-3-16-11(15)7(2)12-6-8-4-5-17-9(8)10(13)14/h4-5,7,12H,3,6H2,1-2H3,(H,13,14). The van der Waals surface area contributed by atoms with Gasteiger partial charge >= 0.3 is 11.9 Å². The first-order valence-electron chi connectivity index (χ1n) is 5.26. The molecule has 0 aliphatic heterocycles. The van der Waals surface area contributed by atoms with Crippen molar-refractivity contribution in [2.75, 3.05) is 6.61 Å². The quantitative estimate of drug-likeness (QED) is 0.755. The van der Waals surface area contributed by atoms with Gasteiger partial charge in [-0.1, -0.05) is 0 Å². The number of carboxylic acid groups (broad SMARTS) is 1. The summed E-state index contributed by atoms with van der Waals surface area (Å²) in [4.78, 5) is 22.5. The summed E-state index contributed by atoms with van der Waals surface area (Å²) in [6.45, 7) is 4.10. The van der Waals surface area contributed by atoms with Gasteiger partial charge in [0.25, 0.3) is 0 Å². The third-order valence-electron chi connectivity index (χ3n) is 2.18. The second kappa shape index (κ2) is 6.36. The Balaban J connectivity index is 2.52. The van der Waals surface area contributed by atoms with Crippen molar-refractivity contribution in [1.29, 1.82) is 0 Å². The molecule has 0 aliphatic carbocycles. The Morgan fingerprint density at radius 2 is 2.29 bits per heavy atom. The van der Waals surface area contributed by atoms with Gasteiger partial charge in [0.1, 0.15) is 10.9 Å². The number of rotatable bonds is 6. The van der Waals surface area contributed by atoms with E-state index in [-0.39, 0.29) is 5.97 Å². The predicted molar refractivity (Wildman–Crippen MR) is 64.2 cm³/mol. The first kappa shape index (κ1) is 13.7. The molecule has 1 unspecified atom stereocenters. The average molecular weight is 257 g/mol. The van der Waals surface area contributed by atoms with E-state index >= 15 is 0 Å². The second-order valence-corrected chi connectivity index (χ2v) is 4.35. The van der Waals surface area contributed by atoms with Crippen LogP contribution >= 0.6 is 11.3 Å². The molecule has 1 rings (SSSR count). The van der Waals surface area contributed by atoms with Gasteiger partial charge in [-0.05, 0) is 30.9 Å². The summed E-state index contributed by atoms with van der Waals surface area (Å²) in [5.74, 6) is -1.28. The fourth-order valence-corrected chi connectivity index (χ4v) is 2.04. The molecule has 6 heteroatoms. The average Bonchev–Trinajstić information content (AvgIpc) is 2.74. The Morgan fingerprint density at radius 1 is 1.59 bits per heavy atom. The predicted octanol–water partition coefficient (Wildman–Crippen LogP) is 1.49. The van der Waals surface area contributed by atoms with Gasteiger partial charge in [-0.3, -0.25) is 4.79 Å². The largest absolute Gasteiger partial charge is 0.477 e. The van der Waals surface area contributed by atoms with E-state index in [0.717, 1.165) is 0 Å². The zero-order valence-electron chi connectivity index (χ0n) is 9.73. The van der Waals surface area contributed by atoms with Crippen molar-refractivity contribution in [1.82, 2.24) is 5.32 Å². The number of hydrogen-bond donors (Lipinski definition) is 2. The van der Waals surface area contributed by atoms with Crippen LogP contribution in [0.2, 0.25) is 0 Å². The van der Waals surface area contributed by atoms with Crippen molar-refractivity contribution < 1.29 is 19.4 Å². The molecular formula is C11H15NO4S. The van der Waals surface area contributed by atoms with Crippen molar-refractivity contribution in [3.63, 3.8) is 0 Å². The van der Waals surface area contributed by atoms with Crippen LogP contribution < -0.4 is 5.32 Å². The van der Waals surface area contributed by atoms with Crippen LogP contribution in [0.1, 0.15) is 29.1 Å². The number of esters is 1. The summed E-state index contributed by atoms with van der Waals surface area (Å²) in [5.41, 5.74) is 0.679.